The Morgan fingerprint density at radius 3 is 2.22 bits per heavy atom. The minimum absolute atomic E-state index is 0.221. The summed E-state index contributed by atoms with van der Waals surface area (Å²) in [7, 11) is -2.32. The molecule has 0 bridgehead atoms. The van der Waals surface area contributed by atoms with Gasteiger partial charge in [0.25, 0.3) is 0 Å². The van der Waals surface area contributed by atoms with Crippen LogP contribution in [0.1, 0.15) is 30.9 Å². The first-order valence-electron chi connectivity index (χ1n) is 13.3. The third-order valence-corrected chi connectivity index (χ3v) is 8.09. The molecule has 3 aromatic rings. The van der Waals surface area contributed by atoms with E-state index in [2.05, 4.69) is 11.6 Å². The van der Waals surface area contributed by atoms with E-state index in [1.54, 1.807) is 41.3 Å². The Bertz CT molecular complexity index is 1390. The first-order valence-corrected chi connectivity index (χ1v) is 15.2. The molecular formula is C32H38FN2O5P. The molecule has 2 atom stereocenters. The zero-order valence-corrected chi connectivity index (χ0v) is 24.2. The summed E-state index contributed by atoms with van der Waals surface area (Å²) in [6, 6.07) is 21.9. The van der Waals surface area contributed by atoms with Crippen LogP contribution in [-0.4, -0.2) is 58.1 Å². The molecule has 1 aliphatic rings. The summed E-state index contributed by atoms with van der Waals surface area (Å²) in [5.41, 5.74) is 4.25. The standard InChI is InChI=1S/C31H34FN2O4P.CH4O/c1-22(24-15-19-28(20-16-24)39(2,37)38)11-14-25(21-35)30-29(10-6-7-23-12-17-26(32)18-13-23)33-31(36)34(30)27-8-4-3-5-9-27;1-2/h3-5,8-9,11-20,29-30,35,37-38H,2,6-7,10,21H2,1H3,(H,33,36);2H,1H3/b22-11+,25-14+;. The van der Waals surface area contributed by atoms with Crippen LogP contribution in [0.15, 0.2) is 96.6 Å². The van der Waals surface area contributed by atoms with Crippen molar-refractivity contribution in [3.63, 3.8) is 0 Å². The number of para-hydroxylation sites is 1. The normalized spacial score (nSPS) is 17.6. The molecule has 0 aliphatic carbocycles. The van der Waals surface area contributed by atoms with E-state index in [-0.39, 0.29) is 24.5 Å². The third kappa shape index (κ3) is 8.49. The van der Waals surface area contributed by atoms with Gasteiger partial charge in [-0.3, -0.25) is 4.90 Å². The highest BCUT2D eigenvalue weighted by Crippen LogP contribution is 2.33. The van der Waals surface area contributed by atoms with Gasteiger partial charge in [-0.2, -0.15) is 0 Å². The van der Waals surface area contributed by atoms with Crippen LogP contribution < -0.4 is 15.5 Å². The van der Waals surface area contributed by atoms with Gasteiger partial charge in [-0.05, 0) is 91.2 Å². The summed E-state index contributed by atoms with van der Waals surface area (Å²) in [5, 5.41) is 20.9. The van der Waals surface area contributed by atoms with Crippen molar-refractivity contribution in [3.05, 3.63) is 114 Å². The lowest BCUT2D eigenvalue weighted by atomic mass is 9.93. The number of carbonyl (C=O) groups excluding carboxylic acids is 1. The number of benzene rings is 3. The van der Waals surface area contributed by atoms with E-state index >= 15 is 0 Å². The van der Waals surface area contributed by atoms with Crippen LogP contribution in [0.3, 0.4) is 0 Å². The number of hydrogen-bond donors (Lipinski definition) is 5. The fourth-order valence-electron chi connectivity index (χ4n) is 4.85. The zero-order chi connectivity index (χ0) is 30.0. The molecule has 3 aromatic carbocycles. The number of hydrogen-bond acceptors (Lipinski definition) is 5. The smallest absolute Gasteiger partial charge is 0.322 e. The number of amides is 2. The summed E-state index contributed by atoms with van der Waals surface area (Å²) in [6.45, 7) is 1.70. The van der Waals surface area contributed by atoms with E-state index < -0.39 is 13.4 Å². The number of urea groups is 1. The number of nitrogens with one attached hydrogen (secondary N) is 1. The first kappa shape index (κ1) is 32.0. The maximum atomic E-state index is 13.3. The van der Waals surface area contributed by atoms with Crippen molar-refractivity contribution in [2.24, 2.45) is 0 Å². The van der Waals surface area contributed by atoms with Crippen LogP contribution in [0, 0.1) is 5.82 Å². The Morgan fingerprint density at radius 1 is 1.00 bits per heavy atom. The van der Waals surface area contributed by atoms with Crippen LogP contribution in [-0.2, 0) is 6.42 Å². The largest absolute Gasteiger partial charge is 0.400 e. The Labute approximate surface area is 241 Å². The van der Waals surface area contributed by atoms with Crippen molar-refractivity contribution in [3.8, 4) is 0 Å². The number of aliphatic hydroxyl groups is 2. The maximum absolute atomic E-state index is 13.3. The van der Waals surface area contributed by atoms with E-state index in [1.165, 1.54) is 12.1 Å². The van der Waals surface area contributed by atoms with E-state index in [1.807, 2.05) is 49.4 Å². The Hall–Kier alpha value is -3.52. The zero-order valence-electron chi connectivity index (χ0n) is 23.3. The molecule has 5 N–H and O–H groups in total. The van der Waals surface area contributed by atoms with Gasteiger partial charge in [0.15, 0.2) is 0 Å². The molecule has 41 heavy (non-hydrogen) atoms. The average molecular weight is 581 g/mol. The minimum Gasteiger partial charge on any atom is -0.400 e. The predicted octanol–water partition coefficient (Wildman–Crippen LogP) is 4.64. The average Bonchev–Trinajstić information content (AvgIpc) is 3.31. The SMILES string of the molecule is C=P(O)(O)c1ccc(/C(C)=C/C=C(\CO)C2C(CCCc3ccc(F)cc3)NC(=O)N2c2ccccc2)cc1.CO. The second kappa shape index (κ2) is 14.9. The molecule has 2 amide bonds. The Kier molecular flexibility index (Phi) is 11.6. The summed E-state index contributed by atoms with van der Waals surface area (Å²) < 4.78 is 13.3. The topological polar surface area (TPSA) is 113 Å². The second-order valence-corrected chi connectivity index (χ2v) is 11.7. The molecule has 2 unspecified atom stereocenters. The van der Waals surface area contributed by atoms with Crippen molar-refractivity contribution in [1.29, 1.82) is 0 Å². The monoisotopic (exact) mass is 580 g/mol. The maximum Gasteiger partial charge on any atom is 0.322 e. The van der Waals surface area contributed by atoms with Gasteiger partial charge in [0, 0.05) is 18.1 Å². The van der Waals surface area contributed by atoms with Crippen molar-refractivity contribution >= 4 is 36.2 Å². The third-order valence-electron chi connectivity index (χ3n) is 6.96. The van der Waals surface area contributed by atoms with E-state index in [9.17, 15) is 24.1 Å². The number of halogens is 1. The molecule has 218 valence electrons. The Balaban J connectivity index is 0.00000226. The number of anilines is 1. The fourth-order valence-corrected chi connectivity index (χ4v) is 5.47. The molecule has 4 rings (SSSR count). The van der Waals surface area contributed by atoms with E-state index in [0.29, 0.717) is 17.3 Å². The number of carbonyl (C=O) groups is 1. The molecule has 0 radical (unpaired) electrons. The van der Waals surface area contributed by atoms with Crippen molar-refractivity contribution in [2.75, 3.05) is 18.6 Å². The summed E-state index contributed by atoms with van der Waals surface area (Å²) in [5.74, 6) is -0.267. The molecule has 7 nitrogen and oxygen atoms in total. The summed E-state index contributed by atoms with van der Waals surface area (Å²) in [4.78, 5) is 34.5. The van der Waals surface area contributed by atoms with Crippen LogP contribution in [0.2, 0.25) is 0 Å². The van der Waals surface area contributed by atoms with Crippen molar-refractivity contribution in [1.82, 2.24) is 5.32 Å². The molecule has 1 saturated heterocycles. The van der Waals surface area contributed by atoms with Gasteiger partial charge >= 0.3 is 6.03 Å². The van der Waals surface area contributed by atoms with Crippen molar-refractivity contribution < 1.29 is 29.2 Å². The molecule has 0 spiro atoms. The highest BCUT2D eigenvalue weighted by Gasteiger charge is 2.41. The van der Waals surface area contributed by atoms with Gasteiger partial charge in [-0.15, -0.1) is 0 Å². The lowest BCUT2D eigenvalue weighted by molar-refractivity contribution is 0.250. The van der Waals surface area contributed by atoms with Gasteiger partial charge < -0.3 is 25.3 Å². The molecule has 9 heteroatoms. The summed E-state index contributed by atoms with van der Waals surface area (Å²) in [6.07, 6.45) is 9.39. The number of aryl methyl sites for hydroxylation is 1. The Morgan fingerprint density at radius 2 is 1.63 bits per heavy atom. The fraction of sp³-hybridized carbons (Fsp3) is 0.250. The van der Waals surface area contributed by atoms with Crippen LogP contribution in [0.25, 0.3) is 5.57 Å². The minimum atomic E-state index is -3.32. The van der Waals surface area contributed by atoms with Gasteiger partial charge in [-0.1, -0.05) is 54.6 Å². The van der Waals surface area contributed by atoms with Crippen LogP contribution in [0.5, 0.6) is 0 Å². The second-order valence-electron chi connectivity index (χ2n) is 9.75. The molecule has 0 saturated carbocycles. The number of aliphatic hydroxyl groups excluding tert-OH is 2. The predicted molar refractivity (Wildman–Crippen MR) is 166 cm³/mol. The van der Waals surface area contributed by atoms with Crippen molar-refractivity contribution in [2.45, 2.75) is 38.3 Å². The molecule has 1 fully saturated rings. The summed E-state index contributed by atoms with van der Waals surface area (Å²) >= 11 is 0. The highest BCUT2D eigenvalue weighted by molar-refractivity contribution is 7.70. The molecule has 0 aromatic heterocycles. The molecular weight excluding hydrogens is 542 g/mol. The van der Waals surface area contributed by atoms with Crippen LogP contribution in [0.4, 0.5) is 14.9 Å². The number of rotatable bonds is 10. The number of allylic oxidation sites excluding steroid dienone is 3. The van der Waals surface area contributed by atoms with Gasteiger partial charge in [-0.25, -0.2) is 9.18 Å². The van der Waals surface area contributed by atoms with E-state index in [0.717, 1.165) is 42.3 Å². The lowest BCUT2D eigenvalue weighted by Crippen LogP contribution is -2.39. The first-order chi connectivity index (χ1) is 19.7. The number of nitrogens with zero attached hydrogens (tertiary/aromatic N) is 1. The van der Waals surface area contributed by atoms with Crippen LogP contribution >= 0.6 is 7.34 Å². The van der Waals surface area contributed by atoms with Gasteiger partial charge in [0.1, 0.15) is 13.2 Å². The molecule has 1 heterocycles. The highest BCUT2D eigenvalue weighted by atomic mass is 31.2. The quantitative estimate of drug-likeness (QED) is 0.177. The van der Waals surface area contributed by atoms with E-state index in [4.69, 9.17) is 5.11 Å². The van der Waals surface area contributed by atoms with Gasteiger partial charge in [0.2, 0.25) is 0 Å². The lowest BCUT2D eigenvalue weighted by Gasteiger charge is -2.28. The van der Waals surface area contributed by atoms with Gasteiger partial charge in [0.05, 0.1) is 18.7 Å². The molecule has 1 aliphatic heterocycles.